The second-order valence-corrected chi connectivity index (χ2v) is 10.5. The van der Waals surface area contributed by atoms with Crippen molar-refractivity contribution in [1.29, 1.82) is 0 Å². The fourth-order valence-corrected chi connectivity index (χ4v) is 5.14. The fourth-order valence-electron chi connectivity index (χ4n) is 5.14. The molecule has 1 aromatic heterocycles. The molecule has 3 aromatic carbocycles. The Hall–Kier alpha value is -4.10. The van der Waals surface area contributed by atoms with E-state index in [9.17, 15) is 14.0 Å². The maximum atomic E-state index is 14.9. The standard InChI is InChI=1S/C33H37FN4O2/c1-22(2)30(37(20-10-19-35)33(40)26-17-15-23(3)16-18-26)31-36-32(39)29(27-13-8-9-14-28(27)34)24(4)38(31)21-25-11-6-5-7-12-25/h5-9,11-18,22,30H,10,19-21,35H2,1-4H3. The molecule has 0 bridgehead atoms. The second kappa shape index (κ2) is 12.8. The van der Waals surface area contributed by atoms with E-state index in [1.54, 1.807) is 23.1 Å². The zero-order valence-corrected chi connectivity index (χ0v) is 23.6. The Balaban J connectivity index is 1.95. The Morgan fingerprint density at radius 2 is 1.62 bits per heavy atom. The minimum absolute atomic E-state index is 0.0835. The summed E-state index contributed by atoms with van der Waals surface area (Å²) in [6.07, 6.45) is 0.593. The number of halogens is 1. The summed E-state index contributed by atoms with van der Waals surface area (Å²) in [5.41, 5.74) is 9.01. The second-order valence-electron chi connectivity index (χ2n) is 10.5. The summed E-state index contributed by atoms with van der Waals surface area (Å²) in [4.78, 5) is 34.0. The van der Waals surface area contributed by atoms with Crippen LogP contribution in [0.4, 0.5) is 4.39 Å². The van der Waals surface area contributed by atoms with Gasteiger partial charge in [-0.25, -0.2) is 4.39 Å². The van der Waals surface area contributed by atoms with E-state index in [0.717, 1.165) is 11.1 Å². The Kier molecular flexibility index (Phi) is 9.27. The van der Waals surface area contributed by atoms with Crippen LogP contribution in [-0.2, 0) is 6.54 Å². The molecule has 0 spiro atoms. The molecule has 40 heavy (non-hydrogen) atoms. The first-order chi connectivity index (χ1) is 19.2. The molecule has 4 rings (SSSR count). The van der Waals surface area contributed by atoms with Gasteiger partial charge in [0, 0.05) is 29.9 Å². The number of aryl methyl sites for hydroxylation is 1. The third kappa shape index (κ3) is 6.20. The third-order valence-corrected chi connectivity index (χ3v) is 7.19. The van der Waals surface area contributed by atoms with Gasteiger partial charge in [0.2, 0.25) is 0 Å². The summed E-state index contributed by atoms with van der Waals surface area (Å²) in [6.45, 7) is 9.05. The number of amides is 1. The van der Waals surface area contributed by atoms with Gasteiger partial charge in [-0.15, -0.1) is 0 Å². The number of nitrogens with two attached hydrogens (primary N) is 1. The molecule has 0 radical (unpaired) electrons. The van der Waals surface area contributed by atoms with Crippen LogP contribution in [0.5, 0.6) is 0 Å². The zero-order chi connectivity index (χ0) is 28.8. The van der Waals surface area contributed by atoms with Crippen molar-refractivity contribution in [3.8, 4) is 11.1 Å². The first-order valence-corrected chi connectivity index (χ1v) is 13.7. The van der Waals surface area contributed by atoms with Crippen molar-refractivity contribution in [2.45, 2.75) is 46.7 Å². The minimum atomic E-state index is -0.523. The van der Waals surface area contributed by atoms with Crippen LogP contribution in [0.3, 0.4) is 0 Å². The van der Waals surface area contributed by atoms with E-state index in [4.69, 9.17) is 5.73 Å². The van der Waals surface area contributed by atoms with Gasteiger partial charge in [0.1, 0.15) is 11.6 Å². The Bertz CT molecular complexity index is 1510. The Morgan fingerprint density at radius 3 is 2.25 bits per heavy atom. The smallest absolute Gasteiger partial charge is 0.281 e. The summed E-state index contributed by atoms with van der Waals surface area (Å²) < 4.78 is 16.9. The number of benzene rings is 3. The summed E-state index contributed by atoms with van der Waals surface area (Å²) in [7, 11) is 0. The molecule has 1 heterocycles. The first-order valence-electron chi connectivity index (χ1n) is 13.7. The van der Waals surface area contributed by atoms with Crippen LogP contribution in [-0.4, -0.2) is 33.4 Å². The van der Waals surface area contributed by atoms with Gasteiger partial charge in [0.15, 0.2) is 0 Å². The van der Waals surface area contributed by atoms with Gasteiger partial charge in [-0.05, 0) is 56.5 Å². The molecule has 4 aromatic rings. The van der Waals surface area contributed by atoms with Crippen molar-refractivity contribution in [3.63, 3.8) is 0 Å². The summed E-state index contributed by atoms with van der Waals surface area (Å²) in [5.74, 6) is -0.245. The van der Waals surface area contributed by atoms with Crippen LogP contribution in [0.15, 0.2) is 83.7 Å². The van der Waals surface area contributed by atoms with E-state index in [0.29, 0.717) is 43.1 Å². The molecule has 0 aliphatic rings. The highest BCUT2D eigenvalue weighted by Crippen LogP contribution is 2.32. The quantitative estimate of drug-likeness (QED) is 0.271. The van der Waals surface area contributed by atoms with Crippen molar-refractivity contribution < 1.29 is 9.18 Å². The van der Waals surface area contributed by atoms with Gasteiger partial charge in [0.05, 0.1) is 11.6 Å². The monoisotopic (exact) mass is 540 g/mol. The normalized spacial score (nSPS) is 12.0. The van der Waals surface area contributed by atoms with Crippen LogP contribution in [0.2, 0.25) is 0 Å². The van der Waals surface area contributed by atoms with Crippen LogP contribution in [0, 0.1) is 25.6 Å². The highest BCUT2D eigenvalue weighted by molar-refractivity contribution is 5.94. The number of nitrogens with zero attached hydrogens (tertiary/aromatic N) is 3. The molecule has 7 heteroatoms. The van der Waals surface area contributed by atoms with E-state index in [-0.39, 0.29) is 23.0 Å². The molecule has 208 valence electrons. The highest BCUT2D eigenvalue weighted by Gasteiger charge is 2.33. The average Bonchev–Trinajstić information content (AvgIpc) is 2.94. The lowest BCUT2D eigenvalue weighted by Gasteiger charge is -2.36. The summed E-state index contributed by atoms with van der Waals surface area (Å²) in [6, 6.07) is 23.0. The lowest BCUT2D eigenvalue weighted by atomic mass is 9.97. The van der Waals surface area contributed by atoms with Crippen molar-refractivity contribution in [3.05, 3.63) is 123 Å². The molecule has 0 aliphatic carbocycles. The van der Waals surface area contributed by atoms with Gasteiger partial charge in [-0.3, -0.25) is 9.59 Å². The van der Waals surface area contributed by atoms with Gasteiger partial charge >= 0.3 is 0 Å². The van der Waals surface area contributed by atoms with Crippen LogP contribution in [0.1, 0.15) is 59.3 Å². The van der Waals surface area contributed by atoms with Crippen LogP contribution in [0.25, 0.3) is 11.1 Å². The van der Waals surface area contributed by atoms with Gasteiger partial charge in [0.25, 0.3) is 11.5 Å². The molecule has 1 atom stereocenters. The number of hydrogen-bond donors (Lipinski definition) is 1. The lowest BCUT2D eigenvalue weighted by Crippen LogP contribution is -2.42. The zero-order valence-electron chi connectivity index (χ0n) is 23.6. The summed E-state index contributed by atoms with van der Waals surface area (Å²) in [5, 5.41) is 0. The topological polar surface area (TPSA) is 81.2 Å². The fraction of sp³-hybridized carbons (Fsp3) is 0.303. The maximum Gasteiger partial charge on any atom is 0.281 e. The van der Waals surface area contributed by atoms with Crippen LogP contribution >= 0.6 is 0 Å². The van der Waals surface area contributed by atoms with Crippen molar-refractivity contribution in [1.82, 2.24) is 14.5 Å². The molecule has 0 aliphatic heterocycles. The average molecular weight is 541 g/mol. The number of aromatic nitrogens is 2. The van der Waals surface area contributed by atoms with E-state index in [1.807, 2.05) is 86.9 Å². The Morgan fingerprint density at radius 1 is 0.975 bits per heavy atom. The number of carbonyl (C=O) groups is 1. The van der Waals surface area contributed by atoms with Gasteiger partial charge in [-0.2, -0.15) is 4.98 Å². The van der Waals surface area contributed by atoms with Crippen molar-refractivity contribution in [2.24, 2.45) is 11.7 Å². The Labute approximate surface area is 235 Å². The molecule has 0 saturated heterocycles. The summed E-state index contributed by atoms with van der Waals surface area (Å²) >= 11 is 0. The molecule has 1 amide bonds. The van der Waals surface area contributed by atoms with Crippen molar-refractivity contribution in [2.75, 3.05) is 13.1 Å². The number of hydrogen-bond acceptors (Lipinski definition) is 4. The SMILES string of the molecule is Cc1ccc(C(=O)N(CCCN)C(c2nc(=O)c(-c3ccccc3F)c(C)n2Cc2ccccc2)C(C)C)cc1. The molecular formula is C33H37FN4O2. The van der Waals surface area contributed by atoms with Crippen molar-refractivity contribution >= 4 is 5.91 Å². The predicted octanol–water partition coefficient (Wildman–Crippen LogP) is 5.90. The predicted molar refractivity (Wildman–Crippen MR) is 158 cm³/mol. The lowest BCUT2D eigenvalue weighted by molar-refractivity contribution is 0.0602. The molecule has 2 N–H and O–H groups in total. The molecular weight excluding hydrogens is 503 g/mol. The third-order valence-electron chi connectivity index (χ3n) is 7.19. The van der Waals surface area contributed by atoms with E-state index >= 15 is 0 Å². The first kappa shape index (κ1) is 28.9. The molecule has 1 unspecified atom stereocenters. The maximum absolute atomic E-state index is 14.9. The molecule has 0 fully saturated rings. The van der Waals surface area contributed by atoms with E-state index in [2.05, 4.69) is 4.98 Å². The van der Waals surface area contributed by atoms with Gasteiger partial charge in [-0.1, -0.05) is 80.1 Å². The van der Waals surface area contributed by atoms with E-state index < -0.39 is 17.4 Å². The largest absolute Gasteiger partial charge is 0.330 e. The highest BCUT2D eigenvalue weighted by atomic mass is 19.1. The minimum Gasteiger partial charge on any atom is -0.330 e. The number of rotatable bonds is 10. The van der Waals surface area contributed by atoms with Gasteiger partial charge < -0.3 is 15.2 Å². The molecule has 0 saturated carbocycles. The van der Waals surface area contributed by atoms with E-state index in [1.165, 1.54) is 6.07 Å². The van der Waals surface area contributed by atoms with Crippen LogP contribution < -0.4 is 11.3 Å². The molecule has 6 nitrogen and oxygen atoms in total. The number of carbonyl (C=O) groups excluding carboxylic acids is 1.